The van der Waals surface area contributed by atoms with Gasteiger partial charge < -0.3 is 0 Å². The summed E-state index contributed by atoms with van der Waals surface area (Å²) in [7, 11) is -3.54. The fraction of sp³-hybridized carbons (Fsp3) is 0.462. The van der Waals surface area contributed by atoms with Crippen molar-refractivity contribution in [1.82, 2.24) is 0 Å². The minimum absolute atomic E-state index is 0.231. The van der Waals surface area contributed by atoms with E-state index in [0.717, 1.165) is 12.0 Å². The highest BCUT2D eigenvalue weighted by Gasteiger charge is 2.53. The van der Waals surface area contributed by atoms with Gasteiger partial charge in [-0.3, -0.25) is 4.79 Å². The van der Waals surface area contributed by atoms with E-state index in [4.69, 9.17) is 0 Å². The van der Waals surface area contributed by atoms with E-state index in [1.807, 2.05) is 13.0 Å². The van der Waals surface area contributed by atoms with Gasteiger partial charge in [-0.2, -0.15) is 0 Å². The molecule has 1 aliphatic rings. The van der Waals surface area contributed by atoms with E-state index < -0.39 is 14.6 Å². The zero-order valence-corrected chi connectivity index (χ0v) is 10.9. The molecular weight excluding hydrogens is 236 g/mol. The van der Waals surface area contributed by atoms with Gasteiger partial charge in [-0.25, -0.2) is 8.42 Å². The van der Waals surface area contributed by atoms with Crippen molar-refractivity contribution in [3.05, 3.63) is 29.8 Å². The summed E-state index contributed by atoms with van der Waals surface area (Å²) in [4.78, 5) is 11.9. The number of carbonyl (C=O) groups excluding carboxylic acids is 1. The predicted molar refractivity (Wildman–Crippen MR) is 65.6 cm³/mol. The smallest absolute Gasteiger partial charge is 0.191 e. The van der Waals surface area contributed by atoms with Gasteiger partial charge in [-0.15, -0.1) is 0 Å². The van der Waals surface area contributed by atoms with Crippen LogP contribution in [-0.4, -0.2) is 18.9 Å². The minimum atomic E-state index is -3.54. The van der Waals surface area contributed by atoms with Crippen LogP contribution in [0.3, 0.4) is 0 Å². The third-order valence-corrected chi connectivity index (χ3v) is 6.22. The Morgan fingerprint density at radius 2 is 1.94 bits per heavy atom. The van der Waals surface area contributed by atoms with Gasteiger partial charge in [-0.1, -0.05) is 12.1 Å². The van der Waals surface area contributed by atoms with Crippen molar-refractivity contribution < 1.29 is 13.2 Å². The summed E-state index contributed by atoms with van der Waals surface area (Å²) in [6.45, 7) is 3.23. The second-order valence-electron chi connectivity index (χ2n) is 4.72. The number of benzene rings is 1. The molecule has 3 nitrogen and oxygen atoms in total. The minimum Gasteiger partial charge on any atom is -0.298 e. The molecule has 92 valence electrons. The largest absolute Gasteiger partial charge is 0.298 e. The summed E-state index contributed by atoms with van der Waals surface area (Å²) in [5, 5.41) is 0. The normalized spacial score (nSPS) is 18.5. The molecule has 1 aromatic carbocycles. The van der Waals surface area contributed by atoms with Gasteiger partial charge >= 0.3 is 0 Å². The Balaban J connectivity index is 2.54. The second kappa shape index (κ2) is 3.95. The van der Waals surface area contributed by atoms with Crippen LogP contribution in [0.15, 0.2) is 29.2 Å². The fourth-order valence-electron chi connectivity index (χ4n) is 2.32. The molecule has 1 fully saturated rings. The van der Waals surface area contributed by atoms with Gasteiger partial charge in [-0.05, 0) is 50.8 Å². The lowest BCUT2D eigenvalue weighted by Crippen LogP contribution is -2.50. The first-order chi connectivity index (χ1) is 7.90. The fourth-order valence-corrected chi connectivity index (χ4v) is 4.57. The first kappa shape index (κ1) is 12.3. The molecule has 0 atom stereocenters. The monoisotopic (exact) mass is 252 g/mol. The van der Waals surface area contributed by atoms with Crippen molar-refractivity contribution >= 4 is 15.6 Å². The standard InChI is InChI=1S/C13H16O3S/c1-10-5-3-6-12(9-10)17(15,16)13(11(2)14)7-4-8-13/h3,5-6,9H,4,7-8H2,1-2H3. The van der Waals surface area contributed by atoms with E-state index in [-0.39, 0.29) is 10.7 Å². The van der Waals surface area contributed by atoms with Crippen molar-refractivity contribution in [3.63, 3.8) is 0 Å². The molecular formula is C13H16O3S. The molecule has 0 radical (unpaired) electrons. The zero-order valence-electron chi connectivity index (χ0n) is 10.1. The molecule has 0 saturated heterocycles. The Morgan fingerprint density at radius 1 is 1.29 bits per heavy atom. The van der Waals surface area contributed by atoms with Crippen LogP contribution in [0.5, 0.6) is 0 Å². The number of Topliss-reactive ketones (excluding diaryl/α,β-unsaturated/α-hetero) is 1. The van der Waals surface area contributed by atoms with Crippen LogP contribution in [-0.2, 0) is 14.6 Å². The van der Waals surface area contributed by atoms with Gasteiger partial charge in [0.25, 0.3) is 0 Å². The molecule has 0 N–H and O–H groups in total. The lowest BCUT2D eigenvalue weighted by molar-refractivity contribution is -0.121. The average molecular weight is 252 g/mol. The molecule has 0 bridgehead atoms. The Kier molecular flexibility index (Phi) is 2.86. The van der Waals surface area contributed by atoms with E-state index >= 15 is 0 Å². The molecule has 0 amide bonds. The van der Waals surface area contributed by atoms with E-state index in [1.54, 1.807) is 18.2 Å². The van der Waals surface area contributed by atoms with Crippen LogP contribution >= 0.6 is 0 Å². The SMILES string of the molecule is CC(=O)C1(S(=O)(=O)c2cccc(C)c2)CCC1. The molecule has 0 unspecified atom stereocenters. The van der Waals surface area contributed by atoms with Crippen molar-refractivity contribution in [2.45, 2.75) is 42.8 Å². The van der Waals surface area contributed by atoms with Crippen LogP contribution in [0, 0.1) is 6.92 Å². The first-order valence-corrected chi connectivity index (χ1v) is 7.21. The predicted octanol–water partition coefficient (Wildman–Crippen LogP) is 2.28. The molecule has 2 rings (SSSR count). The summed E-state index contributed by atoms with van der Waals surface area (Å²) in [6.07, 6.45) is 1.72. The third-order valence-electron chi connectivity index (χ3n) is 3.62. The van der Waals surface area contributed by atoms with Gasteiger partial charge in [0.1, 0.15) is 4.75 Å². The quantitative estimate of drug-likeness (QED) is 0.829. The maximum atomic E-state index is 12.5. The molecule has 0 heterocycles. The molecule has 0 aliphatic heterocycles. The summed E-state index contributed by atoms with van der Waals surface area (Å²) in [5.41, 5.74) is 0.893. The van der Waals surface area contributed by atoms with Crippen LogP contribution in [0.1, 0.15) is 31.7 Å². The zero-order chi connectivity index (χ0) is 12.7. The Hall–Kier alpha value is -1.16. The van der Waals surface area contributed by atoms with Crippen molar-refractivity contribution in [2.75, 3.05) is 0 Å². The topological polar surface area (TPSA) is 51.2 Å². The third kappa shape index (κ3) is 1.71. The number of ketones is 1. The van der Waals surface area contributed by atoms with Gasteiger partial charge in [0, 0.05) is 0 Å². The molecule has 0 aromatic heterocycles. The number of aryl methyl sites for hydroxylation is 1. The highest BCUT2D eigenvalue weighted by atomic mass is 32.2. The maximum Gasteiger partial charge on any atom is 0.191 e. The average Bonchev–Trinajstić information content (AvgIpc) is 2.14. The molecule has 1 saturated carbocycles. The Morgan fingerprint density at radius 3 is 2.35 bits per heavy atom. The molecule has 17 heavy (non-hydrogen) atoms. The van der Waals surface area contributed by atoms with Crippen molar-refractivity contribution in [2.24, 2.45) is 0 Å². The number of carbonyl (C=O) groups is 1. The highest BCUT2D eigenvalue weighted by molar-refractivity contribution is 7.93. The van der Waals surface area contributed by atoms with E-state index in [1.165, 1.54) is 6.92 Å². The molecule has 4 heteroatoms. The lowest BCUT2D eigenvalue weighted by atomic mass is 9.81. The maximum absolute atomic E-state index is 12.5. The van der Waals surface area contributed by atoms with Gasteiger partial charge in [0.2, 0.25) is 0 Å². The number of hydrogen-bond donors (Lipinski definition) is 0. The van der Waals surface area contributed by atoms with Crippen LogP contribution in [0.4, 0.5) is 0 Å². The molecule has 0 spiro atoms. The van der Waals surface area contributed by atoms with E-state index in [9.17, 15) is 13.2 Å². The summed E-state index contributed by atoms with van der Waals surface area (Å²) < 4.78 is 23.9. The lowest BCUT2D eigenvalue weighted by Gasteiger charge is -2.38. The second-order valence-corrected chi connectivity index (χ2v) is 6.98. The number of hydrogen-bond acceptors (Lipinski definition) is 3. The van der Waals surface area contributed by atoms with Crippen LogP contribution in [0.25, 0.3) is 0 Å². The van der Waals surface area contributed by atoms with Gasteiger partial charge in [0.05, 0.1) is 4.90 Å². The van der Waals surface area contributed by atoms with Gasteiger partial charge in [0.15, 0.2) is 15.6 Å². The molecule has 1 aliphatic carbocycles. The van der Waals surface area contributed by atoms with Crippen LogP contribution in [0.2, 0.25) is 0 Å². The van der Waals surface area contributed by atoms with Crippen molar-refractivity contribution in [3.8, 4) is 0 Å². The Labute approximate surface area is 102 Å². The number of rotatable bonds is 3. The van der Waals surface area contributed by atoms with E-state index in [2.05, 4.69) is 0 Å². The van der Waals surface area contributed by atoms with Crippen LogP contribution < -0.4 is 0 Å². The number of sulfone groups is 1. The summed E-state index contributed by atoms with van der Waals surface area (Å²) >= 11 is 0. The van der Waals surface area contributed by atoms with E-state index in [0.29, 0.717) is 12.8 Å². The summed E-state index contributed by atoms with van der Waals surface area (Å²) in [5.74, 6) is -0.231. The molecule has 1 aromatic rings. The summed E-state index contributed by atoms with van der Waals surface area (Å²) in [6, 6.07) is 6.78. The highest BCUT2D eigenvalue weighted by Crippen LogP contribution is 2.43. The Bertz CT molecular complexity index is 554. The van der Waals surface area contributed by atoms with Crippen molar-refractivity contribution in [1.29, 1.82) is 0 Å². The first-order valence-electron chi connectivity index (χ1n) is 5.72.